The van der Waals surface area contributed by atoms with Crippen LogP contribution < -0.4 is 4.74 Å². The van der Waals surface area contributed by atoms with Crippen molar-refractivity contribution < 1.29 is 28.2 Å². The van der Waals surface area contributed by atoms with E-state index in [2.05, 4.69) is 4.98 Å². The molecule has 2 aromatic heterocycles. The van der Waals surface area contributed by atoms with Crippen molar-refractivity contribution in [3.8, 4) is 23.2 Å². The van der Waals surface area contributed by atoms with E-state index < -0.39 is 17.6 Å². The van der Waals surface area contributed by atoms with Gasteiger partial charge < -0.3 is 19.1 Å². The molecule has 0 radical (unpaired) electrons. The highest BCUT2D eigenvalue weighted by molar-refractivity contribution is 5.92. The molecule has 0 amide bonds. The summed E-state index contributed by atoms with van der Waals surface area (Å²) in [5, 5.41) is 18.4. The van der Waals surface area contributed by atoms with Gasteiger partial charge >= 0.3 is 5.97 Å². The van der Waals surface area contributed by atoms with E-state index in [1.54, 1.807) is 42.5 Å². The number of rotatable bonds is 9. The Labute approximate surface area is 245 Å². The number of benzene rings is 3. The largest absolute Gasteiger partial charge is 0.478 e. The average molecular weight is 581 g/mol. The van der Waals surface area contributed by atoms with Gasteiger partial charge in [-0.15, -0.1) is 0 Å². The third-order valence-corrected chi connectivity index (χ3v) is 7.52. The van der Waals surface area contributed by atoms with Gasteiger partial charge in [0, 0.05) is 42.7 Å². The second-order valence-corrected chi connectivity index (χ2v) is 10.4. The van der Waals surface area contributed by atoms with Gasteiger partial charge in [-0.05, 0) is 54.4 Å². The van der Waals surface area contributed by atoms with Crippen LogP contribution in [0.15, 0.2) is 72.8 Å². The quantitative estimate of drug-likeness (QED) is 0.223. The van der Waals surface area contributed by atoms with Crippen LogP contribution in [0.5, 0.6) is 5.88 Å². The molecule has 1 N–H and O–H groups in total. The van der Waals surface area contributed by atoms with Crippen LogP contribution in [-0.2, 0) is 24.3 Å². The Morgan fingerprint density at radius 1 is 1.05 bits per heavy atom. The van der Waals surface area contributed by atoms with Crippen LogP contribution in [-0.4, -0.2) is 38.8 Å². The number of hydrogen-bond donors (Lipinski definition) is 1. The van der Waals surface area contributed by atoms with E-state index in [0.717, 1.165) is 12.5 Å². The molecule has 1 atom stereocenters. The Bertz CT molecular complexity index is 1880. The Hall–Kier alpha value is -5.14. The number of carbonyl (C=O) groups is 1. The normalized spacial score (nSPS) is 14.6. The molecule has 8 nitrogen and oxygen atoms in total. The van der Waals surface area contributed by atoms with Gasteiger partial charge in [-0.2, -0.15) is 5.26 Å². The third-order valence-electron chi connectivity index (χ3n) is 7.52. The van der Waals surface area contributed by atoms with E-state index in [-0.39, 0.29) is 41.5 Å². The number of halogens is 2. The second-order valence-electron chi connectivity index (χ2n) is 10.4. The number of imidazole rings is 1. The fraction of sp³-hybridized carbons (Fsp3) is 0.212. The molecule has 6 rings (SSSR count). The monoisotopic (exact) mass is 580 g/mol. The van der Waals surface area contributed by atoms with Crippen molar-refractivity contribution in [2.24, 2.45) is 5.92 Å². The van der Waals surface area contributed by atoms with Crippen LogP contribution in [0.2, 0.25) is 0 Å². The molecule has 216 valence electrons. The van der Waals surface area contributed by atoms with Gasteiger partial charge in [-0.25, -0.2) is 23.5 Å². The lowest BCUT2D eigenvalue weighted by atomic mass is 10.0. The lowest BCUT2D eigenvalue weighted by Gasteiger charge is -2.14. The van der Waals surface area contributed by atoms with E-state index in [4.69, 9.17) is 19.7 Å². The Kier molecular flexibility index (Phi) is 7.81. The molecule has 3 heterocycles. The number of aromatic nitrogens is 3. The minimum absolute atomic E-state index is 0.0801. The second kappa shape index (κ2) is 12.0. The Morgan fingerprint density at radius 2 is 1.88 bits per heavy atom. The van der Waals surface area contributed by atoms with E-state index in [1.165, 1.54) is 24.3 Å². The summed E-state index contributed by atoms with van der Waals surface area (Å²) in [5.74, 6) is -0.854. The molecule has 1 fully saturated rings. The Balaban J connectivity index is 1.23. The molecule has 1 saturated heterocycles. The molecule has 0 saturated carbocycles. The zero-order valence-corrected chi connectivity index (χ0v) is 23.0. The highest BCUT2D eigenvalue weighted by atomic mass is 19.1. The van der Waals surface area contributed by atoms with Gasteiger partial charge in [0.2, 0.25) is 5.88 Å². The maximum absolute atomic E-state index is 15.5. The number of carboxylic acid groups (broad SMARTS) is 1. The van der Waals surface area contributed by atoms with E-state index in [0.29, 0.717) is 53.4 Å². The topological polar surface area (TPSA) is 110 Å². The van der Waals surface area contributed by atoms with Crippen molar-refractivity contribution in [1.29, 1.82) is 5.26 Å². The lowest BCUT2D eigenvalue weighted by Crippen LogP contribution is -2.14. The van der Waals surface area contributed by atoms with Crippen LogP contribution in [0.25, 0.3) is 22.3 Å². The number of carboxylic acids is 1. The molecule has 0 aliphatic carbocycles. The summed E-state index contributed by atoms with van der Waals surface area (Å²) in [7, 11) is 0. The maximum Gasteiger partial charge on any atom is 0.335 e. The SMILES string of the molecule is N#Cc1ccc(COc2cccc(-c3ccc(Cc4nc5ccc(C(=O)O)cc5n4C[C@H]4CCOC4)c(F)c3)n2)c(F)c1. The molecular formula is C33H26F2N4O4. The summed E-state index contributed by atoms with van der Waals surface area (Å²) in [6, 6.07) is 20.8. The fourth-order valence-electron chi connectivity index (χ4n) is 5.19. The first-order valence-electron chi connectivity index (χ1n) is 13.8. The number of nitrogens with zero attached hydrogens (tertiary/aromatic N) is 4. The zero-order chi connectivity index (χ0) is 29.9. The first-order chi connectivity index (χ1) is 20.9. The predicted molar refractivity (Wildman–Crippen MR) is 154 cm³/mol. The van der Waals surface area contributed by atoms with Crippen LogP contribution in [0, 0.1) is 28.9 Å². The van der Waals surface area contributed by atoms with Crippen molar-refractivity contribution in [3.05, 3.63) is 113 Å². The molecule has 0 unspecified atom stereocenters. The van der Waals surface area contributed by atoms with Crippen LogP contribution in [0.3, 0.4) is 0 Å². The number of nitriles is 1. The summed E-state index contributed by atoms with van der Waals surface area (Å²) in [5.41, 5.74) is 3.48. The van der Waals surface area contributed by atoms with E-state index in [9.17, 15) is 14.3 Å². The summed E-state index contributed by atoms with van der Waals surface area (Å²) in [6.45, 7) is 1.80. The van der Waals surface area contributed by atoms with Crippen molar-refractivity contribution in [3.63, 3.8) is 0 Å². The average Bonchev–Trinajstić information content (AvgIpc) is 3.65. The summed E-state index contributed by atoms with van der Waals surface area (Å²) >= 11 is 0. The number of pyridine rings is 1. The van der Waals surface area contributed by atoms with Gasteiger partial charge in [-0.1, -0.05) is 24.3 Å². The van der Waals surface area contributed by atoms with Gasteiger partial charge in [-0.3, -0.25) is 0 Å². The van der Waals surface area contributed by atoms with Gasteiger partial charge in [0.05, 0.1) is 40.5 Å². The number of hydrogen-bond acceptors (Lipinski definition) is 6. The molecular weight excluding hydrogens is 554 g/mol. The van der Waals surface area contributed by atoms with Gasteiger partial charge in [0.1, 0.15) is 24.1 Å². The number of fused-ring (bicyclic) bond motifs is 1. The van der Waals surface area contributed by atoms with E-state index >= 15 is 4.39 Å². The third kappa shape index (κ3) is 6.08. The molecule has 3 aromatic carbocycles. The minimum Gasteiger partial charge on any atom is -0.478 e. The van der Waals surface area contributed by atoms with Crippen molar-refractivity contribution in [2.75, 3.05) is 13.2 Å². The molecule has 43 heavy (non-hydrogen) atoms. The molecule has 0 bridgehead atoms. The van der Waals surface area contributed by atoms with Crippen LogP contribution >= 0.6 is 0 Å². The fourth-order valence-corrected chi connectivity index (χ4v) is 5.19. The van der Waals surface area contributed by atoms with Crippen molar-refractivity contribution in [2.45, 2.75) is 26.0 Å². The van der Waals surface area contributed by atoms with Gasteiger partial charge in [0.15, 0.2) is 0 Å². The maximum atomic E-state index is 15.5. The summed E-state index contributed by atoms with van der Waals surface area (Å²) < 4.78 is 42.9. The van der Waals surface area contributed by atoms with Crippen molar-refractivity contribution in [1.82, 2.24) is 14.5 Å². The smallest absolute Gasteiger partial charge is 0.335 e. The molecule has 1 aliphatic heterocycles. The molecule has 5 aromatic rings. The van der Waals surface area contributed by atoms with Gasteiger partial charge in [0.25, 0.3) is 0 Å². The predicted octanol–water partition coefficient (Wildman–Crippen LogP) is 6.15. The summed E-state index contributed by atoms with van der Waals surface area (Å²) in [4.78, 5) is 20.8. The number of ether oxygens (including phenoxy) is 2. The molecule has 0 spiro atoms. The number of aromatic carboxylic acids is 1. The lowest BCUT2D eigenvalue weighted by molar-refractivity contribution is 0.0697. The highest BCUT2D eigenvalue weighted by Crippen LogP contribution is 2.27. The highest BCUT2D eigenvalue weighted by Gasteiger charge is 2.21. The standard InChI is InChI=1S/C33H26F2N4O4/c34-26-12-20(16-36)4-5-25(26)19-43-32-3-1-2-28(38-32)23-7-6-22(27(35)13-23)15-31-37-29-9-8-24(33(40)41)14-30(29)39(31)17-21-10-11-42-18-21/h1-9,12-14,21H,10-11,15,17-19H2,(H,40,41)/t21-/m1/s1. The first kappa shape index (κ1) is 28.0. The Morgan fingerprint density at radius 3 is 2.63 bits per heavy atom. The van der Waals surface area contributed by atoms with Crippen LogP contribution in [0.4, 0.5) is 8.78 Å². The van der Waals surface area contributed by atoms with E-state index in [1.807, 2.05) is 10.6 Å². The first-order valence-corrected chi connectivity index (χ1v) is 13.8. The molecule has 1 aliphatic rings. The van der Waals surface area contributed by atoms with Crippen LogP contribution in [0.1, 0.15) is 39.3 Å². The zero-order valence-electron chi connectivity index (χ0n) is 23.0. The molecule has 10 heteroatoms. The van der Waals surface area contributed by atoms with Crippen molar-refractivity contribution >= 4 is 17.0 Å². The summed E-state index contributed by atoms with van der Waals surface area (Å²) in [6.07, 6.45) is 1.10. The minimum atomic E-state index is -1.02.